The van der Waals surface area contributed by atoms with Crippen LogP contribution in [0.4, 0.5) is 0 Å². The summed E-state index contributed by atoms with van der Waals surface area (Å²) >= 11 is 0. The molecular weight excluding hydrogens is 176 g/mol. The Labute approximate surface area is 83.6 Å². The van der Waals surface area contributed by atoms with Crippen molar-refractivity contribution >= 4 is 5.78 Å². The van der Waals surface area contributed by atoms with E-state index in [1.54, 1.807) is 6.92 Å². The second-order valence-corrected chi connectivity index (χ2v) is 3.88. The van der Waals surface area contributed by atoms with E-state index in [1.165, 1.54) is 5.56 Å². The second kappa shape index (κ2) is 3.48. The van der Waals surface area contributed by atoms with Crippen LogP contribution < -0.4 is 0 Å². The van der Waals surface area contributed by atoms with Gasteiger partial charge in [-0.15, -0.1) is 0 Å². The quantitative estimate of drug-likeness (QED) is 0.708. The zero-order valence-corrected chi connectivity index (χ0v) is 8.63. The van der Waals surface area contributed by atoms with E-state index in [-0.39, 0.29) is 5.78 Å². The molecule has 1 aromatic heterocycles. The number of aryl methyl sites for hydroxylation is 2. The fraction of sp³-hybridized carbons (Fsp3) is 0.545. The Morgan fingerprint density at radius 2 is 2.14 bits per heavy atom. The molecule has 74 valence electrons. The lowest BCUT2D eigenvalue weighted by molar-refractivity contribution is -0.116. The first-order chi connectivity index (χ1) is 6.66. The molecule has 0 saturated carbocycles. The summed E-state index contributed by atoms with van der Waals surface area (Å²) in [6, 6.07) is 0. The van der Waals surface area contributed by atoms with E-state index < -0.39 is 0 Å². The van der Waals surface area contributed by atoms with E-state index in [1.807, 2.05) is 6.92 Å². The molecule has 0 bridgehead atoms. The van der Waals surface area contributed by atoms with Gasteiger partial charge < -0.3 is 0 Å². The number of ketones is 1. The van der Waals surface area contributed by atoms with Crippen molar-refractivity contribution in [1.29, 1.82) is 0 Å². The van der Waals surface area contributed by atoms with Crippen molar-refractivity contribution in [3.8, 4) is 0 Å². The summed E-state index contributed by atoms with van der Waals surface area (Å²) in [7, 11) is 0. The Kier molecular flexibility index (Phi) is 2.32. The number of fused-ring (bicyclic) bond motifs is 1. The maximum absolute atomic E-state index is 11.1. The van der Waals surface area contributed by atoms with Crippen LogP contribution >= 0.6 is 0 Å². The maximum atomic E-state index is 11.1. The predicted octanol–water partition coefficient (Wildman–Crippen LogP) is 1.41. The molecule has 0 unspecified atom stereocenters. The van der Waals surface area contributed by atoms with E-state index in [0.717, 1.165) is 36.5 Å². The molecule has 1 aliphatic rings. The molecule has 0 radical (unpaired) electrons. The van der Waals surface area contributed by atoms with Crippen molar-refractivity contribution in [2.24, 2.45) is 0 Å². The summed E-state index contributed by atoms with van der Waals surface area (Å²) in [5.74, 6) is 0.971. The Morgan fingerprint density at radius 3 is 2.86 bits per heavy atom. The monoisotopic (exact) mass is 190 g/mol. The highest BCUT2D eigenvalue weighted by Crippen LogP contribution is 2.23. The van der Waals surface area contributed by atoms with E-state index in [0.29, 0.717) is 6.42 Å². The van der Waals surface area contributed by atoms with Crippen LogP contribution in [0.1, 0.15) is 36.1 Å². The van der Waals surface area contributed by atoms with Gasteiger partial charge >= 0.3 is 0 Å². The Bertz CT molecular complexity index is 385. The van der Waals surface area contributed by atoms with Gasteiger partial charge in [-0.1, -0.05) is 0 Å². The van der Waals surface area contributed by atoms with Crippen molar-refractivity contribution in [3.63, 3.8) is 0 Å². The first-order valence-corrected chi connectivity index (χ1v) is 5.01. The van der Waals surface area contributed by atoms with Gasteiger partial charge in [0, 0.05) is 12.1 Å². The molecule has 0 fully saturated rings. The molecule has 1 aromatic rings. The second-order valence-electron chi connectivity index (χ2n) is 3.88. The van der Waals surface area contributed by atoms with Gasteiger partial charge in [-0.3, -0.25) is 4.79 Å². The lowest BCUT2D eigenvalue weighted by Crippen LogP contribution is -2.07. The molecule has 0 N–H and O–H groups in total. The van der Waals surface area contributed by atoms with Crippen LogP contribution in [0.2, 0.25) is 0 Å². The third kappa shape index (κ3) is 1.67. The molecule has 0 aliphatic heterocycles. The van der Waals surface area contributed by atoms with Crippen LogP contribution in [-0.2, 0) is 24.1 Å². The van der Waals surface area contributed by atoms with Crippen molar-refractivity contribution < 1.29 is 4.79 Å². The van der Waals surface area contributed by atoms with Crippen molar-refractivity contribution in [3.05, 3.63) is 22.8 Å². The summed E-state index contributed by atoms with van der Waals surface area (Å²) in [5.41, 5.74) is 3.34. The van der Waals surface area contributed by atoms with Crippen molar-refractivity contribution in [1.82, 2.24) is 9.97 Å². The third-order valence-electron chi connectivity index (χ3n) is 2.55. The number of aromatic nitrogens is 2. The van der Waals surface area contributed by atoms with E-state index in [4.69, 9.17) is 0 Å². The van der Waals surface area contributed by atoms with Gasteiger partial charge in [-0.25, -0.2) is 9.97 Å². The minimum Gasteiger partial charge on any atom is -0.300 e. The molecule has 3 heteroatoms. The molecule has 2 rings (SSSR count). The number of rotatable bonds is 2. The zero-order valence-electron chi connectivity index (χ0n) is 8.63. The van der Waals surface area contributed by atoms with E-state index >= 15 is 0 Å². The maximum Gasteiger partial charge on any atom is 0.135 e. The van der Waals surface area contributed by atoms with E-state index in [2.05, 4.69) is 9.97 Å². The predicted molar refractivity (Wildman–Crippen MR) is 53.2 cm³/mol. The van der Waals surface area contributed by atoms with Gasteiger partial charge in [0.1, 0.15) is 11.6 Å². The highest BCUT2D eigenvalue weighted by atomic mass is 16.1. The summed E-state index contributed by atoms with van der Waals surface area (Å²) in [4.78, 5) is 19.8. The van der Waals surface area contributed by atoms with Crippen molar-refractivity contribution in [2.75, 3.05) is 0 Å². The lowest BCUT2D eigenvalue weighted by atomic mass is 10.1. The van der Waals surface area contributed by atoms with Crippen LogP contribution in [0.5, 0.6) is 0 Å². The van der Waals surface area contributed by atoms with Crippen LogP contribution in [-0.4, -0.2) is 15.8 Å². The average molecular weight is 190 g/mol. The first kappa shape index (κ1) is 9.31. The number of carbonyl (C=O) groups is 1. The van der Waals surface area contributed by atoms with Crippen LogP contribution in [0, 0.1) is 6.92 Å². The fourth-order valence-electron chi connectivity index (χ4n) is 2.03. The molecule has 3 nitrogen and oxygen atoms in total. The van der Waals surface area contributed by atoms with Crippen LogP contribution in [0.3, 0.4) is 0 Å². The highest BCUT2D eigenvalue weighted by molar-refractivity contribution is 5.78. The van der Waals surface area contributed by atoms with Crippen LogP contribution in [0.15, 0.2) is 0 Å². The highest BCUT2D eigenvalue weighted by Gasteiger charge is 2.18. The topological polar surface area (TPSA) is 42.9 Å². The molecule has 0 saturated heterocycles. The minimum atomic E-state index is 0.178. The average Bonchev–Trinajstić information content (AvgIpc) is 2.50. The first-order valence-electron chi connectivity index (χ1n) is 5.01. The molecule has 1 aliphatic carbocycles. The lowest BCUT2D eigenvalue weighted by Gasteiger charge is -2.06. The minimum absolute atomic E-state index is 0.178. The summed E-state index contributed by atoms with van der Waals surface area (Å²) in [5, 5.41) is 0. The summed E-state index contributed by atoms with van der Waals surface area (Å²) < 4.78 is 0. The number of nitrogens with zero attached hydrogens (tertiary/aromatic N) is 2. The van der Waals surface area contributed by atoms with Gasteiger partial charge in [0.25, 0.3) is 0 Å². The Morgan fingerprint density at radius 1 is 1.36 bits per heavy atom. The molecule has 14 heavy (non-hydrogen) atoms. The van der Waals surface area contributed by atoms with Gasteiger partial charge in [-0.2, -0.15) is 0 Å². The molecule has 0 spiro atoms. The fourth-order valence-corrected chi connectivity index (χ4v) is 2.03. The number of hydrogen-bond donors (Lipinski definition) is 0. The molecule has 0 amide bonds. The van der Waals surface area contributed by atoms with Gasteiger partial charge in [0.15, 0.2) is 0 Å². The Hall–Kier alpha value is -1.25. The Balaban J connectivity index is 2.43. The SMILES string of the molecule is CC(=O)Cc1nc(C)nc2c1CCC2. The van der Waals surface area contributed by atoms with Gasteiger partial charge in [0.2, 0.25) is 0 Å². The van der Waals surface area contributed by atoms with Gasteiger partial charge in [0.05, 0.1) is 5.69 Å². The third-order valence-corrected chi connectivity index (χ3v) is 2.55. The smallest absolute Gasteiger partial charge is 0.135 e. The van der Waals surface area contributed by atoms with Crippen LogP contribution in [0.25, 0.3) is 0 Å². The molecular formula is C11H14N2O. The number of carbonyl (C=O) groups excluding carboxylic acids is 1. The molecule has 1 heterocycles. The van der Waals surface area contributed by atoms with Gasteiger partial charge in [-0.05, 0) is 38.7 Å². The molecule has 0 aromatic carbocycles. The number of Topliss-reactive ketones (excluding diaryl/α,β-unsaturated/α-hetero) is 1. The normalized spacial score (nSPS) is 14.1. The van der Waals surface area contributed by atoms with E-state index in [9.17, 15) is 4.79 Å². The summed E-state index contributed by atoms with van der Waals surface area (Å²) in [6.45, 7) is 3.50. The summed E-state index contributed by atoms with van der Waals surface area (Å²) in [6.07, 6.45) is 3.70. The standard InChI is InChI=1S/C11H14N2O/c1-7(14)6-11-9-4-3-5-10(9)12-8(2)13-11/h3-6H2,1-2H3. The zero-order chi connectivity index (χ0) is 10.1. The largest absolute Gasteiger partial charge is 0.300 e. The molecule has 0 atom stereocenters. The number of hydrogen-bond acceptors (Lipinski definition) is 3. The van der Waals surface area contributed by atoms with Crippen molar-refractivity contribution in [2.45, 2.75) is 39.5 Å².